The highest BCUT2D eigenvalue weighted by Gasteiger charge is 2.34. The highest BCUT2D eigenvalue weighted by Crippen LogP contribution is 2.43. The zero-order valence-electron chi connectivity index (χ0n) is 9.12. The van der Waals surface area contributed by atoms with Crippen molar-refractivity contribution in [2.75, 3.05) is 0 Å². The van der Waals surface area contributed by atoms with Crippen LogP contribution in [0.3, 0.4) is 0 Å². The molecule has 1 fully saturated rings. The Morgan fingerprint density at radius 1 is 1.53 bits per heavy atom. The van der Waals surface area contributed by atoms with Crippen molar-refractivity contribution in [3.8, 4) is 0 Å². The fourth-order valence-corrected chi connectivity index (χ4v) is 3.58. The van der Waals surface area contributed by atoms with Crippen LogP contribution in [-0.2, 0) is 4.79 Å². The number of hydrogen-bond donors (Lipinski definition) is 2. The highest BCUT2D eigenvalue weighted by atomic mass is 32.2. The maximum atomic E-state index is 10.9. The molecular weight excluding hydrogens is 210 g/mol. The van der Waals surface area contributed by atoms with E-state index >= 15 is 0 Å². The minimum atomic E-state index is -0.724. The van der Waals surface area contributed by atoms with Gasteiger partial charge in [-0.15, -0.1) is 0 Å². The minimum Gasteiger partial charge on any atom is -0.480 e. The molecule has 1 saturated heterocycles. The monoisotopic (exact) mass is 227 g/mol. The molecule has 1 heterocycles. The first kappa shape index (κ1) is 11.0. The Labute approximate surface area is 94.5 Å². The first-order valence-corrected chi connectivity index (χ1v) is 6.27. The van der Waals surface area contributed by atoms with Gasteiger partial charge in [0, 0.05) is 4.91 Å². The van der Waals surface area contributed by atoms with Crippen LogP contribution in [0.25, 0.3) is 0 Å². The van der Waals surface area contributed by atoms with Crippen LogP contribution in [0.4, 0.5) is 0 Å². The number of fused-ring (bicyclic) bond motifs is 1. The highest BCUT2D eigenvalue weighted by molar-refractivity contribution is 8.01. The van der Waals surface area contributed by atoms with Crippen LogP contribution in [0.5, 0.6) is 0 Å². The van der Waals surface area contributed by atoms with E-state index in [4.69, 9.17) is 5.11 Å². The first-order valence-electron chi connectivity index (χ1n) is 5.45. The predicted octanol–water partition coefficient (Wildman–Crippen LogP) is 2.40. The molecule has 15 heavy (non-hydrogen) atoms. The second-order valence-corrected chi connectivity index (χ2v) is 5.45. The zero-order chi connectivity index (χ0) is 11.0. The van der Waals surface area contributed by atoms with Gasteiger partial charge in [0.15, 0.2) is 0 Å². The molecule has 0 bridgehead atoms. The third kappa shape index (κ3) is 2.06. The molecule has 0 amide bonds. The Bertz CT molecular complexity index is 314. The second-order valence-electron chi connectivity index (χ2n) is 4.57. The Morgan fingerprint density at radius 3 is 2.93 bits per heavy atom. The Balaban J connectivity index is 2.15. The van der Waals surface area contributed by atoms with Crippen LogP contribution in [0.2, 0.25) is 0 Å². The summed E-state index contributed by atoms with van der Waals surface area (Å²) < 4.78 is 3.03. The van der Waals surface area contributed by atoms with Crippen LogP contribution in [0.15, 0.2) is 10.5 Å². The quantitative estimate of drug-likeness (QED) is 0.675. The summed E-state index contributed by atoms with van der Waals surface area (Å²) in [6.07, 6.45) is 3.10. The second kappa shape index (κ2) is 4.18. The van der Waals surface area contributed by atoms with E-state index in [1.165, 1.54) is 16.9 Å². The van der Waals surface area contributed by atoms with E-state index < -0.39 is 5.97 Å². The zero-order valence-corrected chi connectivity index (χ0v) is 9.93. The fourth-order valence-electron chi connectivity index (χ4n) is 2.37. The summed E-state index contributed by atoms with van der Waals surface area (Å²) in [6, 6.07) is -0.370. The van der Waals surface area contributed by atoms with Gasteiger partial charge < -0.3 is 5.11 Å². The van der Waals surface area contributed by atoms with Crippen LogP contribution in [-0.4, -0.2) is 17.1 Å². The fraction of sp³-hybridized carbons (Fsp3) is 0.727. The van der Waals surface area contributed by atoms with Crippen LogP contribution >= 0.6 is 11.9 Å². The lowest BCUT2D eigenvalue weighted by molar-refractivity contribution is -0.139. The van der Waals surface area contributed by atoms with Crippen molar-refractivity contribution in [3.63, 3.8) is 0 Å². The lowest BCUT2D eigenvalue weighted by atomic mass is 9.81. The summed E-state index contributed by atoms with van der Waals surface area (Å²) >= 11 is 1.54. The topological polar surface area (TPSA) is 49.3 Å². The number of allylic oxidation sites excluding steroid dienone is 2. The van der Waals surface area contributed by atoms with Crippen LogP contribution in [0.1, 0.15) is 33.1 Å². The van der Waals surface area contributed by atoms with Crippen molar-refractivity contribution in [2.45, 2.75) is 39.2 Å². The molecule has 1 aliphatic carbocycles. The first-order chi connectivity index (χ1) is 7.09. The molecule has 3 atom stereocenters. The maximum Gasteiger partial charge on any atom is 0.321 e. The molecule has 0 saturated carbocycles. The van der Waals surface area contributed by atoms with Gasteiger partial charge in [-0.25, -0.2) is 4.72 Å². The number of nitrogens with one attached hydrogen (secondary N) is 1. The predicted molar refractivity (Wildman–Crippen MR) is 61.4 cm³/mol. The molecule has 0 aromatic carbocycles. The molecule has 84 valence electrons. The van der Waals surface area contributed by atoms with E-state index in [9.17, 15) is 4.79 Å². The SMILES string of the molecule is CC1=C2SNC(C(=O)O)CC2CCC1C. The normalized spacial score (nSPS) is 36.3. The number of carboxylic acid groups (broad SMARTS) is 1. The van der Waals surface area contributed by atoms with Crippen LogP contribution in [0, 0.1) is 11.8 Å². The molecule has 2 rings (SSSR count). The van der Waals surface area contributed by atoms with E-state index in [2.05, 4.69) is 18.6 Å². The van der Waals surface area contributed by atoms with E-state index in [0.717, 1.165) is 12.8 Å². The van der Waals surface area contributed by atoms with Crippen molar-refractivity contribution in [1.29, 1.82) is 0 Å². The van der Waals surface area contributed by atoms with E-state index in [1.807, 2.05) is 0 Å². The molecule has 2 N–H and O–H groups in total. The lowest BCUT2D eigenvalue weighted by Crippen LogP contribution is -2.39. The maximum absolute atomic E-state index is 10.9. The average molecular weight is 227 g/mol. The molecular formula is C11H17NO2S. The molecule has 2 aliphatic rings. The standard InChI is InChI=1S/C11H17NO2S/c1-6-3-4-8-5-9(11(13)14)12-15-10(8)7(6)2/h6,8-9,12H,3-5H2,1-2H3,(H,13,14). The molecule has 0 radical (unpaired) electrons. The van der Waals surface area contributed by atoms with Gasteiger partial charge in [0.05, 0.1) is 0 Å². The summed E-state index contributed by atoms with van der Waals surface area (Å²) in [5.41, 5.74) is 1.45. The van der Waals surface area contributed by atoms with Crippen molar-refractivity contribution in [3.05, 3.63) is 10.5 Å². The van der Waals surface area contributed by atoms with Gasteiger partial charge in [0.1, 0.15) is 6.04 Å². The van der Waals surface area contributed by atoms with Gasteiger partial charge in [0.2, 0.25) is 0 Å². The van der Waals surface area contributed by atoms with E-state index in [-0.39, 0.29) is 6.04 Å². The van der Waals surface area contributed by atoms with E-state index in [0.29, 0.717) is 11.8 Å². The van der Waals surface area contributed by atoms with Crippen LogP contribution < -0.4 is 4.72 Å². The van der Waals surface area contributed by atoms with Gasteiger partial charge in [-0.3, -0.25) is 4.79 Å². The Morgan fingerprint density at radius 2 is 2.27 bits per heavy atom. The largest absolute Gasteiger partial charge is 0.480 e. The van der Waals surface area contributed by atoms with Crippen molar-refractivity contribution < 1.29 is 9.90 Å². The average Bonchev–Trinajstić information content (AvgIpc) is 2.23. The van der Waals surface area contributed by atoms with Gasteiger partial charge in [-0.1, -0.05) is 12.5 Å². The Kier molecular flexibility index (Phi) is 3.07. The summed E-state index contributed by atoms with van der Waals surface area (Å²) in [6.45, 7) is 4.43. The summed E-state index contributed by atoms with van der Waals surface area (Å²) in [7, 11) is 0. The van der Waals surface area contributed by atoms with E-state index in [1.54, 1.807) is 11.9 Å². The molecule has 0 aromatic rings. The van der Waals surface area contributed by atoms with Crippen molar-refractivity contribution in [1.82, 2.24) is 4.72 Å². The molecule has 3 nitrogen and oxygen atoms in total. The van der Waals surface area contributed by atoms with Gasteiger partial charge >= 0.3 is 5.97 Å². The molecule has 4 heteroatoms. The molecule has 3 unspecified atom stereocenters. The molecule has 0 spiro atoms. The summed E-state index contributed by atoms with van der Waals surface area (Å²) in [5.74, 6) is 0.415. The molecule has 0 aromatic heterocycles. The summed E-state index contributed by atoms with van der Waals surface area (Å²) in [4.78, 5) is 12.3. The number of carbonyl (C=O) groups is 1. The summed E-state index contributed by atoms with van der Waals surface area (Å²) in [5, 5.41) is 8.95. The number of rotatable bonds is 1. The third-order valence-corrected chi connectivity index (χ3v) is 4.85. The number of carboxylic acids is 1. The number of hydrogen-bond acceptors (Lipinski definition) is 3. The third-order valence-electron chi connectivity index (χ3n) is 3.58. The van der Waals surface area contributed by atoms with Gasteiger partial charge in [0.25, 0.3) is 0 Å². The minimum absolute atomic E-state index is 0.370. The smallest absolute Gasteiger partial charge is 0.321 e. The van der Waals surface area contributed by atoms with Gasteiger partial charge in [-0.05, 0) is 50.0 Å². The van der Waals surface area contributed by atoms with Gasteiger partial charge in [-0.2, -0.15) is 0 Å². The van der Waals surface area contributed by atoms with Crippen molar-refractivity contribution >= 4 is 17.9 Å². The van der Waals surface area contributed by atoms with Crippen molar-refractivity contribution in [2.24, 2.45) is 11.8 Å². The lowest BCUT2D eigenvalue weighted by Gasteiger charge is -2.36. The number of aliphatic carboxylic acids is 1. The Hall–Kier alpha value is -0.480. The molecule has 1 aliphatic heterocycles.